The van der Waals surface area contributed by atoms with Gasteiger partial charge in [0.05, 0.1) is 0 Å². The lowest BCUT2D eigenvalue weighted by atomic mass is 10.0. The van der Waals surface area contributed by atoms with E-state index >= 15 is 0 Å². The molecule has 1 aliphatic heterocycles. The third-order valence-corrected chi connectivity index (χ3v) is 4.73. The highest BCUT2D eigenvalue weighted by molar-refractivity contribution is 9.10. The summed E-state index contributed by atoms with van der Waals surface area (Å²) in [4.78, 5) is 14.4. The minimum atomic E-state index is 0.198. The Hall–Kier alpha value is -0.870. The number of carbonyl (C=O) groups excluding carboxylic acids is 1. The van der Waals surface area contributed by atoms with E-state index in [-0.39, 0.29) is 12.0 Å². The van der Waals surface area contributed by atoms with Crippen LogP contribution in [0.1, 0.15) is 30.7 Å². The van der Waals surface area contributed by atoms with E-state index in [0.29, 0.717) is 11.8 Å². The molecule has 4 heteroatoms. The van der Waals surface area contributed by atoms with Gasteiger partial charge in [0.25, 0.3) is 0 Å². The summed E-state index contributed by atoms with van der Waals surface area (Å²) in [5, 5.41) is 0. The average Bonchev–Trinajstić information content (AvgIpc) is 3.19. The second kappa shape index (κ2) is 5.25. The molecule has 3 rings (SSSR count). The highest BCUT2D eigenvalue weighted by Crippen LogP contribution is 2.49. The van der Waals surface area contributed by atoms with Crippen molar-refractivity contribution < 1.29 is 4.79 Å². The van der Waals surface area contributed by atoms with Gasteiger partial charge in [0.15, 0.2) is 0 Å². The molecular formula is C15H19BrN2O. The standard InChI is InChI=1S/C15H19BrN2O/c16-11-3-1-2-10(8-11)13-9-14(13)15(19)18-6-4-12(17)5-7-18/h1-3,8,12-14H,4-7,9,17H2. The monoisotopic (exact) mass is 322 g/mol. The van der Waals surface area contributed by atoms with Crippen LogP contribution in [-0.2, 0) is 4.79 Å². The van der Waals surface area contributed by atoms with Crippen LogP contribution in [-0.4, -0.2) is 29.9 Å². The van der Waals surface area contributed by atoms with Crippen LogP contribution < -0.4 is 5.73 Å². The maximum absolute atomic E-state index is 12.4. The van der Waals surface area contributed by atoms with Crippen LogP contribution >= 0.6 is 15.9 Å². The van der Waals surface area contributed by atoms with Crippen LogP contribution in [0.25, 0.3) is 0 Å². The first-order valence-corrected chi connectivity index (χ1v) is 7.74. The first-order chi connectivity index (χ1) is 9.15. The minimum absolute atomic E-state index is 0.198. The van der Waals surface area contributed by atoms with Crippen molar-refractivity contribution in [2.24, 2.45) is 11.7 Å². The molecule has 1 aliphatic carbocycles. The SMILES string of the molecule is NC1CCN(C(=O)C2CC2c2cccc(Br)c2)CC1. The molecule has 1 saturated carbocycles. The molecule has 0 spiro atoms. The Morgan fingerprint density at radius 1 is 1.32 bits per heavy atom. The molecule has 102 valence electrons. The Morgan fingerprint density at radius 3 is 2.74 bits per heavy atom. The summed E-state index contributed by atoms with van der Waals surface area (Å²) in [5.41, 5.74) is 7.16. The van der Waals surface area contributed by atoms with E-state index in [9.17, 15) is 4.79 Å². The molecule has 2 unspecified atom stereocenters. The van der Waals surface area contributed by atoms with Crippen molar-refractivity contribution in [1.82, 2.24) is 4.90 Å². The topological polar surface area (TPSA) is 46.3 Å². The summed E-state index contributed by atoms with van der Waals surface area (Å²) in [6, 6.07) is 8.59. The highest BCUT2D eigenvalue weighted by atomic mass is 79.9. The van der Waals surface area contributed by atoms with Crippen molar-refractivity contribution in [1.29, 1.82) is 0 Å². The minimum Gasteiger partial charge on any atom is -0.342 e. The molecular weight excluding hydrogens is 304 g/mol. The van der Waals surface area contributed by atoms with Gasteiger partial charge in [0, 0.05) is 29.5 Å². The number of benzene rings is 1. The molecule has 1 amide bonds. The fraction of sp³-hybridized carbons (Fsp3) is 0.533. The Balaban J connectivity index is 1.62. The quantitative estimate of drug-likeness (QED) is 0.909. The fourth-order valence-electron chi connectivity index (χ4n) is 2.93. The molecule has 2 aliphatic rings. The summed E-state index contributed by atoms with van der Waals surface area (Å²) in [7, 11) is 0. The number of piperidine rings is 1. The van der Waals surface area contributed by atoms with E-state index in [4.69, 9.17) is 5.73 Å². The molecule has 1 saturated heterocycles. The van der Waals surface area contributed by atoms with Gasteiger partial charge in [-0.15, -0.1) is 0 Å². The van der Waals surface area contributed by atoms with Crippen molar-refractivity contribution >= 4 is 21.8 Å². The lowest BCUT2D eigenvalue weighted by molar-refractivity contribution is -0.133. The summed E-state index contributed by atoms with van der Waals surface area (Å²) < 4.78 is 1.09. The molecule has 1 heterocycles. The number of hydrogen-bond acceptors (Lipinski definition) is 2. The van der Waals surface area contributed by atoms with Gasteiger partial charge < -0.3 is 10.6 Å². The van der Waals surface area contributed by atoms with Crippen LogP contribution in [0.3, 0.4) is 0 Å². The molecule has 2 N–H and O–H groups in total. The zero-order valence-electron chi connectivity index (χ0n) is 10.9. The van der Waals surface area contributed by atoms with Crippen LogP contribution in [0.2, 0.25) is 0 Å². The molecule has 0 radical (unpaired) electrons. The van der Waals surface area contributed by atoms with E-state index in [0.717, 1.165) is 36.8 Å². The number of hydrogen-bond donors (Lipinski definition) is 1. The van der Waals surface area contributed by atoms with Crippen molar-refractivity contribution in [3.8, 4) is 0 Å². The summed E-state index contributed by atoms with van der Waals surface area (Å²) in [6.45, 7) is 1.67. The number of carbonyl (C=O) groups is 1. The van der Waals surface area contributed by atoms with Gasteiger partial charge in [0.2, 0.25) is 5.91 Å². The highest BCUT2D eigenvalue weighted by Gasteiger charge is 2.46. The van der Waals surface area contributed by atoms with Gasteiger partial charge in [-0.1, -0.05) is 28.1 Å². The number of nitrogens with zero attached hydrogens (tertiary/aromatic N) is 1. The predicted octanol–water partition coefficient (Wildman–Crippen LogP) is 2.50. The second-order valence-electron chi connectivity index (χ2n) is 5.67. The first-order valence-electron chi connectivity index (χ1n) is 6.95. The molecule has 2 fully saturated rings. The zero-order valence-corrected chi connectivity index (χ0v) is 12.5. The van der Waals surface area contributed by atoms with Gasteiger partial charge in [-0.3, -0.25) is 4.79 Å². The van der Waals surface area contributed by atoms with Crippen molar-refractivity contribution in [2.45, 2.75) is 31.2 Å². The number of amides is 1. The normalized spacial score (nSPS) is 27.4. The Labute approximate surface area is 122 Å². The van der Waals surface area contributed by atoms with Crippen LogP contribution in [0.5, 0.6) is 0 Å². The molecule has 0 bridgehead atoms. The molecule has 0 aromatic heterocycles. The van der Waals surface area contributed by atoms with E-state index < -0.39 is 0 Å². The van der Waals surface area contributed by atoms with Gasteiger partial charge in [0.1, 0.15) is 0 Å². The number of likely N-dealkylation sites (tertiary alicyclic amines) is 1. The molecule has 3 nitrogen and oxygen atoms in total. The third kappa shape index (κ3) is 2.84. The van der Waals surface area contributed by atoms with Gasteiger partial charge >= 0.3 is 0 Å². The smallest absolute Gasteiger partial charge is 0.226 e. The largest absolute Gasteiger partial charge is 0.342 e. The van der Waals surface area contributed by atoms with E-state index in [2.05, 4.69) is 28.1 Å². The van der Waals surface area contributed by atoms with Crippen molar-refractivity contribution in [3.05, 3.63) is 34.3 Å². The van der Waals surface area contributed by atoms with E-state index in [1.54, 1.807) is 0 Å². The second-order valence-corrected chi connectivity index (χ2v) is 6.58. The predicted molar refractivity (Wildman–Crippen MR) is 78.8 cm³/mol. The van der Waals surface area contributed by atoms with Crippen LogP contribution in [0, 0.1) is 5.92 Å². The maximum Gasteiger partial charge on any atom is 0.226 e. The summed E-state index contributed by atoms with van der Waals surface area (Å²) in [5.74, 6) is 0.945. The Morgan fingerprint density at radius 2 is 2.05 bits per heavy atom. The van der Waals surface area contributed by atoms with E-state index in [1.165, 1.54) is 5.56 Å². The van der Waals surface area contributed by atoms with Crippen LogP contribution in [0.4, 0.5) is 0 Å². The summed E-state index contributed by atoms with van der Waals surface area (Å²) in [6.07, 6.45) is 2.89. The molecule has 2 atom stereocenters. The third-order valence-electron chi connectivity index (χ3n) is 4.24. The molecule has 1 aromatic rings. The van der Waals surface area contributed by atoms with Crippen LogP contribution in [0.15, 0.2) is 28.7 Å². The van der Waals surface area contributed by atoms with Gasteiger partial charge in [-0.25, -0.2) is 0 Å². The fourth-order valence-corrected chi connectivity index (χ4v) is 3.34. The maximum atomic E-state index is 12.4. The molecule has 1 aromatic carbocycles. The number of halogens is 1. The van der Waals surface area contributed by atoms with E-state index in [1.807, 2.05) is 17.0 Å². The Kier molecular flexibility index (Phi) is 3.63. The number of nitrogens with two attached hydrogens (primary N) is 1. The first kappa shape index (κ1) is 13.1. The molecule has 19 heavy (non-hydrogen) atoms. The Bertz CT molecular complexity index is 483. The van der Waals surface area contributed by atoms with Crippen molar-refractivity contribution in [2.75, 3.05) is 13.1 Å². The summed E-state index contributed by atoms with van der Waals surface area (Å²) >= 11 is 3.49. The zero-order chi connectivity index (χ0) is 13.4. The van der Waals surface area contributed by atoms with Crippen molar-refractivity contribution in [3.63, 3.8) is 0 Å². The number of rotatable bonds is 2. The average molecular weight is 323 g/mol. The lowest BCUT2D eigenvalue weighted by Crippen LogP contribution is -2.43. The van der Waals surface area contributed by atoms with Gasteiger partial charge in [-0.2, -0.15) is 0 Å². The van der Waals surface area contributed by atoms with Gasteiger partial charge in [-0.05, 0) is 42.9 Å². The lowest BCUT2D eigenvalue weighted by Gasteiger charge is -2.30.